The Balaban J connectivity index is 1.39. The van der Waals surface area contributed by atoms with Crippen molar-refractivity contribution in [3.8, 4) is 11.1 Å². The molecule has 7 aromatic rings. The van der Waals surface area contributed by atoms with Crippen LogP contribution in [0, 0.1) is 0 Å². The van der Waals surface area contributed by atoms with E-state index in [1.54, 1.807) is 0 Å². The van der Waals surface area contributed by atoms with E-state index in [4.69, 9.17) is 0 Å². The van der Waals surface area contributed by atoms with Crippen LogP contribution in [0.1, 0.15) is 157 Å². The molecule has 0 spiro atoms. The predicted octanol–water partition coefficient (Wildman–Crippen LogP) is 16.2. The molecule has 0 atom stereocenters. The molecular formula is C62H71BN2S. The average molecular weight is 887 g/mol. The summed E-state index contributed by atoms with van der Waals surface area (Å²) < 4.78 is 1.34. The molecule has 0 radical (unpaired) electrons. The van der Waals surface area contributed by atoms with Gasteiger partial charge in [-0.15, -0.1) is 11.3 Å². The molecule has 1 aromatic heterocycles. The highest BCUT2D eigenvalue weighted by Gasteiger charge is 2.48. The molecule has 10 rings (SSSR count). The number of anilines is 6. The fourth-order valence-electron chi connectivity index (χ4n) is 11.2. The van der Waals surface area contributed by atoms with Crippen molar-refractivity contribution in [1.82, 2.24) is 0 Å². The molecule has 0 unspecified atom stereocenters. The van der Waals surface area contributed by atoms with Crippen molar-refractivity contribution in [2.24, 2.45) is 0 Å². The molecule has 0 saturated carbocycles. The smallest absolute Gasteiger partial charge is 0.254 e. The van der Waals surface area contributed by atoms with Gasteiger partial charge in [-0.1, -0.05) is 178 Å². The summed E-state index contributed by atoms with van der Waals surface area (Å²) in [5, 5.41) is 2.71. The van der Waals surface area contributed by atoms with E-state index in [0.29, 0.717) is 0 Å². The maximum Gasteiger partial charge on any atom is 0.254 e. The summed E-state index contributed by atoms with van der Waals surface area (Å²) >= 11 is 1.98. The average Bonchev–Trinajstić information content (AvgIpc) is 3.62. The van der Waals surface area contributed by atoms with Crippen LogP contribution in [0.25, 0.3) is 21.2 Å². The van der Waals surface area contributed by atoms with Gasteiger partial charge >= 0.3 is 0 Å². The van der Waals surface area contributed by atoms with Gasteiger partial charge in [0.05, 0.1) is 10.7 Å². The summed E-state index contributed by atoms with van der Waals surface area (Å²) in [5.74, 6) is 0. The van der Waals surface area contributed by atoms with Crippen LogP contribution >= 0.6 is 11.3 Å². The summed E-state index contributed by atoms with van der Waals surface area (Å²) in [4.78, 5) is 5.37. The fraction of sp³-hybridized carbons (Fsp3) is 0.387. The maximum atomic E-state index is 2.70. The Morgan fingerprint density at radius 2 is 1.00 bits per heavy atom. The first kappa shape index (κ1) is 44.8. The quantitative estimate of drug-likeness (QED) is 0.163. The van der Waals surface area contributed by atoms with E-state index in [1.807, 2.05) is 11.3 Å². The lowest BCUT2D eigenvalue weighted by molar-refractivity contribution is 0.332. The van der Waals surface area contributed by atoms with Gasteiger partial charge < -0.3 is 9.80 Å². The van der Waals surface area contributed by atoms with E-state index in [0.717, 1.165) is 0 Å². The van der Waals surface area contributed by atoms with Crippen LogP contribution in [0.4, 0.5) is 33.4 Å². The lowest BCUT2D eigenvalue weighted by Crippen LogP contribution is -2.61. The fourth-order valence-corrected chi connectivity index (χ4v) is 12.4. The van der Waals surface area contributed by atoms with E-state index in [1.165, 1.54) is 117 Å². The third kappa shape index (κ3) is 7.19. The molecule has 3 aliphatic rings. The van der Waals surface area contributed by atoms with E-state index in [-0.39, 0.29) is 39.2 Å². The highest BCUT2D eigenvalue weighted by molar-refractivity contribution is 7.26. The molecule has 66 heavy (non-hydrogen) atoms. The second-order valence-corrected chi connectivity index (χ2v) is 26.5. The molecular weight excluding hydrogens is 816 g/mol. The first-order chi connectivity index (χ1) is 30.7. The van der Waals surface area contributed by atoms with E-state index >= 15 is 0 Å². The number of hydrogen-bond acceptors (Lipinski definition) is 3. The molecule has 2 aliphatic heterocycles. The standard InChI is InChI=1S/C62H71BN2S/c1-57(2,3)39-22-26-43(27-23-39)64-50-37-47-46(61(13,14)30-31-62(47,15)16)36-48(50)63-54-45-33-41(59(7,8)9)25-29-53(45)66-56(54)65(52-35-42(60(10,11)12)34-51(64)55(52)63)49-28-24-40(58(4,5)6)32-44(49)38-20-18-17-19-21-38/h17-29,32-37H,30-31H2,1-16H3. The van der Waals surface area contributed by atoms with Crippen LogP contribution in [-0.2, 0) is 32.5 Å². The number of nitrogens with zero attached hydrogens (tertiary/aromatic N) is 2. The molecule has 6 aromatic carbocycles. The molecule has 338 valence electrons. The summed E-state index contributed by atoms with van der Waals surface area (Å²) in [5.41, 5.74) is 21.5. The largest absolute Gasteiger partial charge is 0.311 e. The Bertz CT molecular complexity index is 3060. The zero-order valence-corrected chi connectivity index (χ0v) is 43.6. The van der Waals surface area contributed by atoms with Crippen LogP contribution < -0.4 is 26.2 Å². The van der Waals surface area contributed by atoms with Crippen molar-refractivity contribution in [3.63, 3.8) is 0 Å². The Morgan fingerprint density at radius 3 is 1.59 bits per heavy atom. The molecule has 0 saturated heterocycles. The Hall–Kier alpha value is -5.06. The van der Waals surface area contributed by atoms with Crippen LogP contribution in [0.2, 0.25) is 0 Å². The van der Waals surface area contributed by atoms with Gasteiger partial charge in [0.25, 0.3) is 6.71 Å². The lowest BCUT2D eigenvalue weighted by atomic mass is 9.33. The molecule has 3 heterocycles. The van der Waals surface area contributed by atoms with Crippen molar-refractivity contribution in [3.05, 3.63) is 149 Å². The zero-order chi connectivity index (χ0) is 47.3. The highest BCUT2D eigenvalue weighted by Crippen LogP contribution is 2.54. The van der Waals surface area contributed by atoms with Crippen molar-refractivity contribution < 1.29 is 0 Å². The normalized spacial score (nSPS) is 16.5. The number of benzene rings is 6. The number of thiophene rings is 1. The minimum Gasteiger partial charge on any atom is -0.311 e. The second kappa shape index (κ2) is 14.7. The van der Waals surface area contributed by atoms with Crippen molar-refractivity contribution in [1.29, 1.82) is 0 Å². The SMILES string of the molecule is CC(C)(C)c1ccc(N2c3cc4c(cc3B3c5c2cc(C(C)(C)C)cc5N(c2ccc(C(C)(C)C)cc2-c2ccccc2)c2sc5ccc(C(C)(C)C)cc5c23)C(C)(C)CCC4(C)C)cc1. The van der Waals surface area contributed by atoms with Crippen molar-refractivity contribution in [2.45, 2.75) is 156 Å². The van der Waals surface area contributed by atoms with Gasteiger partial charge in [-0.3, -0.25) is 0 Å². The third-order valence-electron chi connectivity index (χ3n) is 15.6. The second-order valence-electron chi connectivity index (χ2n) is 25.4. The van der Waals surface area contributed by atoms with Gasteiger partial charge in [0.1, 0.15) is 0 Å². The minimum atomic E-state index is -0.114. The molecule has 2 nitrogen and oxygen atoms in total. The van der Waals surface area contributed by atoms with Crippen LogP contribution in [0.5, 0.6) is 0 Å². The van der Waals surface area contributed by atoms with Gasteiger partial charge in [-0.05, 0) is 155 Å². The van der Waals surface area contributed by atoms with Crippen LogP contribution in [0.15, 0.2) is 115 Å². The van der Waals surface area contributed by atoms with E-state index < -0.39 is 0 Å². The maximum absolute atomic E-state index is 2.70. The third-order valence-corrected chi connectivity index (χ3v) is 16.7. The van der Waals surface area contributed by atoms with Crippen molar-refractivity contribution in [2.75, 3.05) is 9.80 Å². The Labute approximate surface area is 401 Å². The number of fused-ring (bicyclic) bond motifs is 7. The summed E-state index contributed by atoms with van der Waals surface area (Å²) in [6.07, 6.45) is 2.35. The number of hydrogen-bond donors (Lipinski definition) is 0. The monoisotopic (exact) mass is 887 g/mol. The van der Waals surface area contributed by atoms with Crippen molar-refractivity contribution >= 4 is 78.0 Å². The van der Waals surface area contributed by atoms with Gasteiger partial charge in [0.15, 0.2) is 0 Å². The highest BCUT2D eigenvalue weighted by atomic mass is 32.1. The first-order valence-electron chi connectivity index (χ1n) is 24.6. The minimum absolute atomic E-state index is 0.000472. The van der Waals surface area contributed by atoms with E-state index in [9.17, 15) is 0 Å². The molecule has 0 fully saturated rings. The Kier molecular flexibility index (Phi) is 9.98. The van der Waals surface area contributed by atoms with Crippen LogP contribution in [0.3, 0.4) is 0 Å². The van der Waals surface area contributed by atoms with Crippen LogP contribution in [-0.4, -0.2) is 6.71 Å². The summed E-state index contributed by atoms with van der Waals surface area (Å²) in [6, 6.07) is 45.8. The van der Waals surface area contributed by atoms with Gasteiger partial charge in [0.2, 0.25) is 0 Å². The zero-order valence-electron chi connectivity index (χ0n) is 42.8. The lowest BCUT2D eigenvalue weighted by Gasteiger charge is -2.47. The van der Waals surface area contributed by atoms with E-state index in [2.05, 4.69) is 236 Å². The molecule has 0 amide bonds. The van der Waals surface area contributed by atoms with Gasteiger partial charge in [0, 0.05) is 33.0 Å². The molecule has 1 aliphatic carbocycles. The summed E-state index contributed by atoms with van der Waals surface area (Å²) in [7, 11) is 0. The molecule has 4 heteroatoms. The Morgan fingerprint density at radius 1 is 0.470 bits per heavy atom. The first-order valence-corrected chi connectivity index (χ1v) is 25.4. The predicted molar refractivity (Wildman–Crippen MR) is 291 cm³/mol. The topological polar surface area (TPSA) is 6.48 Å². The van der Waals surface area contributed by atoms with Gasteiger partial charge in [-0.25, -0.2) is 0 Å². The molecule has 0 N–H and O–H groups in total. The molecule has 0 bridgehead atoms. The summed E-state index contributed by atoms with van der Waals surface area (Å²) in [6.45, 7) is 38.2. The number of rotatable bonds is 3. The van der Waals surface area contributed by atoms with Gasteiger partial charge in [-0.2, -0.15) is 0 Å².